The zero-order valence-corrected chi connectivity index (χ0v) is 20.4. The summed E-state index contributed by atoms with van der Waals surface area (Å²) in [6, 6.07) is 17.8. The van der Waals surface area contributed by atoms with Gasteiger partial charge in [0.25, 0.3) is 0 Å². The van der Waals surface area contributed by atoms with Gasteiger partial charge in [0.1, 0.15) is 11.4 Å². The van der Waals surface area contributed by atoms with Crippen molar-refractivity contribution >= 4 is 16.6 Å². The number of hydrogen-bond acceptors (Lipinski definition) is 4. The first kappa shape index (κ1) is 23.0. The van der Waals surface area contributed by atoms with Crippen LogP contribution in [0.4, 0.5) is 5.69 Å². The number of methoxy groups -OCH3 is 1. The Kier molecular flexibility index (Phi) is 6.00. The van der Waals surface area contributed by atoms with Crippen LogP contribution in [0.1, 0.15) is 54.1 Å². The molecule has 5 nitrogen and oxygen atoms in total. The van der Waals surface area contributed by atoms with Gasteiger partial charge in [-0.05, 0) is 74.8 Å². The van der Waals surface area contributed by atoms with Crippen LogP contribution >= 0.6 is 0 Å². The van der Waals surface area contributed by atoms with Crippen LogP contribution in [-0.2, 0) is 5.60 Å². The molecule has 1 aliphatic carbocycles. The van der Waals surface area contributed by atoms with Crippen molar-refractivity contribution in [2.24, 2.45) is 0 Å². The smallest absolute Gasteiger partial charge is 0.187 e. The predicted molar refractivity (Wildman–Crippen MR) is 139 cm³/mol. The molecule has 1 saturated carbocycles. The van der Waals surface area contributed by atoms with Crippen LogP contribution in [0.2, 0.25) is 0 Å². The maximum absolute atomic E-state index is 11.4. The third kappa shape index (κ3) is 4.26. The van der Waals surface area contributed by atoms with E-state index in [0.717, 1.165) is 63.1 Å². The van der Waals surface area contributed by atoms with Crippen LogP contribution in [0.3, 0.4) is 0 Å². The van der Waals surface area contributed by atoms with Crippen molar-refractivity contribution in [3.63, 3.8) is 0 Å². The quantitative estimate of drug-likeness (QED) is 0.330. The average Bonchev–Trinajstić information content (AvgIpc) is 2.87. The Balaban J connectivity index is 1.47. The van der Waals surface area contributed by atoms with E-state index in [2.05, 4.69) is 22.0 Å². The summed E-state index contributed by atoms with van der Waals surface area (Å²) < 4.78 is 5.95. The van der Waals surface area contributed by atoms with E-state index in [9.17, 15) is 5.11 Å². The van der Waals surface area contributed by atoms with E-state index < -0.39 is 5.60 Å². The number of fused-ring (bicyclic) bond motifs is 1. The molecule has 1 fully saturated rings. The van der Waals surface area contributed by atoms with E-state index in [0.29, 0.717) is 18.5 Å². The molecule has 1 N–H and O–H groups in total. The van der Waals surface area contributed by atoms with E-state index >= 15 is 0 Å². The average molecular weight is 464 g/mol. The van der Waals surface area contributed by atoms with Gasteiger partial charge in [-0.25, -0.2) is 4.85 Å². The monoisotopic (exact) mass is 463 g/mol. The Hall–Kier alpha value is -3.75. The summed E-state index contributed by atoms with van der Waals surface area (Å²) in [6.07, 6.45) is 4.94. The lowest BCUT2D eigenvalue weighted by Gasteiger charge is -2.36. The molecule has 35 heavy (non-hydrogen) atoms. The molecule has 0 bridgehead atoms. The molecule has 0 saturated heterocycles. The molecule has 0 spiro atoms. The van der Waals surface area contributed by atoms with Crippen LogP contribution in [0.15, 0.2) is 60.8 Å². The van der Waals surface area contributed by atoms with Gasteiger partial charge in [-0.2, -0.15) is 0 Å². The second-order valence-corrected chi connectivity index (χ2v) is 9.58. The van der Waals surface area contributed by atoms with E-state index in [-0.39, 0.29) is 5.92 Å². The first-order chi connectivity index (χ1) is 16.9. The summed E-state index contributed by atoms with van der Waals surface area (Å²) in [4.78, 5) is 13.0. The predicted octanol–water partition coefficient (Wildman–Crippen LogP) is 7.02. The number of hydrogen-bond donors (Lipinski definition) is 1. The number of pyridine rings is 2. The largest absolute Gasteiger partial charge is 0.496 e. The van der Waals surface area contributed by atoms with Crippen molar-refractivity contribution in [1.82, 2.24) is 9.97 Å². The molecule has 0 aliphatic heterocycles. The van der Waals surface area contributed by atoms with Crippen molar-refractivity contribution in [3.05, 3.63) is 94.7 Å². The highest BCUT2D eigenvalue weighted by Crippen LogP contribution is 2.46. The van der Waals surface area contributed by atoms with Crippen LogP contribution in [0.25, 0.3) is 26.9 Å². The molecular weight excluding hydrogens is 434 g/mol. The van der Waals surface area contributed by atoms with Gasteiger partial charge in [0.2, 0.25) is 0 Å². The van der Waals surface area contributed by atoms with Gasteiger partial charge in [-0.3, -0.25) is 9.97 Å². The second kappa shape index (κ2) is 9.13. The molecule has 0 atom stereocenters. The Labute approximate surface area is 206 Å². The zero-order chi connectivity index (χ0) is 24.6. The molecule has 2 heterocycles. The minimum Gasteiger partial charge on any atom is -0.496 e. The molecule has 176 valence electrons. The minimum absolute atomic E-state index is 0.259. The summed E-state index contributed by atoms with van der Waals surface area (Å²) in [5.41, 5.74) is 6.60. The number of para-hydroxylation sites is 1. The standard InChI is InChI=1S/C30H29N3O2/c1-19-16-20(2)33-27(17-19)30(34)14-12-22(13-15-30)26-18-32-28-24(6-5-7-25(28)29(26)35-4)21-8-10-23(31-3)11-9-21/h5-11,16-18,22,34H,12-15H2,1-2,4H3. The Bertz CT molecular complexity index is 1410. The second-order valence-electron chi connectivity index (χ2n) is 9.58. The number of benzene rings is 2. The van der Waals surface area contributed by atoms with Gasteiger partial charge >= 0.3 is 0 Å². The van der Waals surface area contributed by atoms with Gasteiger partial charge < -0.3 is 9.84 Å². The highest BCUT2D eigenvalue weighted by Gasteiger charge is 2.37. The molecule has 1 aliphatic rings. The fraction of sp³-hybridized carbons (Fsp3) is 0.300. The summed E-state index contributed by atoms with van der Waals surface area (Å²) in [7, 11) is 1.72. The summed E-state index contributed by atoms with van der Waals surface area (Å²) in [5, 5.41) is 12.4. The fourth-order valence-electron chi connectivity index (χ4n) is 5.42. The molecular formula is C30H29N3O2. The Morgan fingerprint density at radius 3 is 2.46 bits per heavy atom. The van der Waals surface area contributed by atoms with Gasteiger partial charge in [0.05, 0.1) is 24.9 Å². The first-order valence-electron chi connectivity index (χ1n) is 12.0. The lowest BCUT2D eigenvalue weighted by Crippen LogP contribution is -2.32. The molecule has 2 aromatic carbocycles. The van der Waals surface area contributed by atoms with Gasteiger partial charge in [-0.15, -0.1) is 0 Å². The Morgan fingerprint density at radius 1 is 1.06 bits per heavy atom. The van der Waals surface area contributed by atoms with Crippen LogP contribution in [-0.4, -0.2) is 22.2 Å². The van der Waals surface area contributed by atoms with Crippen LogP contribution in [0, 0.1) is 20.4 Å². The van der Waals surface area contributed by atoms with Gasteiger partial charge in [-0.1, -0.05) is 36.4 Å². The van der Waals surface area contributed by atoms with Crippen molar-refractivity contribution in [1.29, 1.82) is 0 Å². The summed E-state index contributed by atoms with van der Waals surface area (Å²) in [5.74, 6) is 1.12. The minimum atomic E-state index is -0.893. The molecule has 2 aromatic heterocycles. The molecule has 0 unspecified atom stereocenters. The number of rotatable bonds is 4. The number of ether oxygens (including phenoxy) is 1. The Morgan fingerprint density at radius 2 is 1.80 bits per heavy atom. The highest BCUT2D eigenvalue weighted by molar-refractivity contribution is 5.97. The molecule has 0 radical (unpaired) electrons. The maximum Gasteiger partial charge on any atom is 0.187 e. The molecule has 4 aromatic rings. The summed E-state index contributed by atoms with van der Waals surface area (Å²) >= 11 is 0. The number of aliphatic hydroxyl groups is 1. The number of aromatic nitrogens is 2. The van der Waals surface area contributed by atoms with Gasteiger partial charge in [0, 0.05) is 28.4 Å². The van der Waals surface area contributed by atoms with Crippen molar-refractivity contribution in [2.45, 2.75) is 51.0 Å². The van der Waals surface area contributed by atoms with Gasteiger partial charge in [0.15, 0.2) is 5.69 Å². The third-order valence-electron chi connectivity index (χ3n) is 7.21. The van der Waals surface area contributed by atoms with Crippen LogP contribution in [0.5, 0.6) is 5.75 Å². The summed E-state index contributed by atoms with van der Waals surface area (Å²) in [6.45, 7) is 11.2. The third-order valence-corrected chi connectivity index (χ3v) is 7.21. The zero-order valence-electron chi connectivity index (χ0n) is 20.4. The van der Waals surface area contributed by atoms with E-state index in [4.69, 9.17) is 16.3 Å². The topological polar surface area (TPSA) is 59.6 Å². The van der Waals surface area contributed by atoms with E-state index in [1.165, 1.54) is 0 Å². The lowest BCUT2D eigenvalue weighted by atomic mass is 9.74. The van der Waals surface area contributed by atoms with Crippen LogP contribution < -0.4 is 4.74 Å². The maximum atomic E-state index is 11.4. The molecule has 0 amide bonds. The SMILES string of the molecule is [C-]#[N+]c1ccc(-c2cccc3c(OC)c(C4CCC(O)(c5cc(C)cc(C)n5)CC4)cnc23)cc1. The lowest BCUT2D eigenvalue weighted by molar-refractivity contribution is -0.00991. The highest BCUT2D eigenvalue weighted by atomic mass is 16.5. The van der Waals surface area contributed by atoms with E-state index in [1.807, 2.05) is 62.5 Å². The molecule has 5 rings (SSSR count). The number of nitrogens with zero attached hydrogens (tertiary/aromatic N) is 3. The molecule has 5 heteroatoms. The van der Waals surface area contributed by atoms with Crippen molar-refractivity contribution in [3.8, 4) is 16.9 Å². The fourth-order valence-corrected chi connectivity index (χ4v) is 5.42. The first-order valence-corrected chi connectivity index (χ1v) is 12.0. The van der Waals surface area contributed by atoms with E-state index in [1.54, 1.807) is 7.11 Å². The van der Waals surface area contributed by atoms with Crippen molar-refractivity contribution in [2.75, 3.05) is 7.11 Å². The van der Waals surface area contributed by atoms with Crippen molar-refractivity contribution < 1.29 is 9.84 Å². The normalized spacial score (nSPS) is 19.9. The number of aryl methyl sites for hydroxylation is 2.